The largest absolute Gasteiger partial charge is 0.394 e. The molecule has 2 heterocycles. The lowest BCUT2D eigenvalue weighted by Crippen LogP contribution is -2.67. The molecule has 0 spiro atoms. The molecular formula is C14H25NO11. The average molecular weight is 383 g/mol. The van der Waals surface area contributed by atoms with Crippen LogP contribution in [0.5, 0.6) is 0 Å². The molecule has 2 aliphatic rings. The van der Waals surface area contributed by atoms with Gasteiger partial charge in [-0.05, 0) is 0 Å². The quantitative estimate of drug-likeness (QED) is 0.226. The highest BCUT2D eigenvalue weighted by molar-refractivity contribution is 5.73. The molecule has 12 heteroatoms. The Morgan fingerprint density at radius 2 is 1.35 bits per heavy atom. The van der Waals surface area contributed by atoms with Gasteiger partial charge in [0.25, 0.3) is 0 Å². The molecule has 2 rings (SSSR count). The molecule has 1 amide bonds. The Kier molecular flexibility index (Phi) is 7.27. The van der Waals surface area contributed by atoms with E-state index in [0.717, 1.165) is 6.92 Å². The first-order valence-electron chi connectivity index (χ1n) is 8.06. The minimum atomic E-state index is -1.73. The molecule has 2 fully saturated rings. The molecule has 152 valence electrons. The highest BCUT2D eigenvalue weighted by Crippen LogP contribution is 2.28. The van der Waals surface area contributed by atoms with Crippen LogP contribution in [-0.2, 0) is 19.0 Å². The van der Waals surface area contributed by atoms with Gasteiger partial charge in [-0.3, -0.25) is 4.79 Å². The summed E-state index contributed by atoms with van der Waals surface area (Å²) >= 11 is 0. The van der Waals surface area contributed by atoms with Crippen LogP contribution in [-0.4, -0.2) is 116 Å². The second kappa shape index (κ2) is 8.84. The Morgan fingerprint density at radius 3 is 1.85 bits per heavy atom. The van der Waals surface area contributed by atoms with E-state index in [2.05, 4.69) is 5.32 Å². The third-order valence-electron chi connectivity index (χ3n) is 4.37. The van der Waals surface area contributed by atoms with E-state index in [1.165, 1.54) is 0 Å². The summed E-state index contributed by atoms with van der Waals surface area (Å²) in [6.45, 7) is -0.187. The van der Waals surface area contributed by atoms with Crippen molar-refractivity contribution in [3.63, 3.8) is 0 Å². The fourth-order valence-corrected chi connectivity index (χ4v) is 2.90. The summed E-state index contributed by atoms with van der Waals surface area (Å²) in [6.07, 6.45) is -13.7. The predicted molar refractivity (Wildman–Crippen MR) is 80.2 cm³/mol. The van der Waals surface area contributed by atoms with Gasteiger partial charge in [-0.2, -0.15) is 0 Å². The van der Waals surface area contributed by atoms with Crippen molar-refractivity contribution < 1.29 is 54.8 Å². The normalized spacial score (nSPS) is 46.8. The number of ether oxygens (including phenoxy) is 3. The number of nitrogens with one attached hydrogen (secondary N) is 1. The molecule has 0 bridgehead atoms. The number of hydrogen-bond donors (Lipinski definition) is 8. The van der Waals surface area contributed by atoms with Crippen LogP contribution in [0, 0.1) is 0 Å². The van der Waals surface area contributed by atoms with Gasteiger partial charge in [0.2, 0.25) is 5.91 Å². The zero-order chi connectivity index (χ0) is 19.6. The Labute approximate surface area is 148 Å². The van der Waals surface area contributed by atoms with Crippen molar-refractivity contribution in [2.24, 2.45) is 0 Å². The summed E-state index contributed by atoms with van der Waals surface area (Å²) in [5, 5.41) is 70.4. The van der Waals surface area contributed by atoms with Crippen LogP contribution in [0.2, 0.25) is 0 Å². The maximum absolute atomic E-state index is 11.4. The highest BCUT2D eigenvalue weighted by atomic mass is 16.8. The summed E-state index contributed by atoms with van der Waals surface area (Å²) < 4.78 is 15.9. The van der Waals surface area contributed by atoms with E-state index in [4.69, 9.17) is 14.2 Å². The minimum Gasteiger partial charge on any atom is -0.394 e. The number of rotatable bonds is 5. The van der Waals surface area contributed by atoms with Crippen LogP contribution in [0.4, 0.5) is 0 Å². The Hall–Kier alpha value is -0.930. The topological polar surface area (TPSA) is 198 Å². The molecule has 0 aromatic carbocycles. The monoisotopic (exact) mass is 383 g/mol. The molecule has 0 radical (unpaired) electrons. The van der Waals surface area contributed by atoms with Crippen molar-refractivity contribution in [3.8, 4) is 0 Å². The minimum absolute atomic E-state index is 0.574. The molecule has 0 aromatic rings. The SMILES string of the molecule is CC(=O)N[C@H]1[C@@H](O[C@H]2O[C@H](CO)[C@@H](O)[C@H](O)[C@H]2O)O[C@H](CO)[C@@H](O)[C@@H]1O. The summed E-state index contributed by atoms with van der Waals surface area (Å²) in [5.41, 5.74) is 0. The van der Waals surface area contributed by atoms with Crippen molar-refractivity contribution in [1.29, 1.82) is 0 Å². The second-order valence-electron chi connectivity index (χ2n) is 6.27. The van der Waals surface area contributed by atoms with Gasteiger partial charge in [0.05, 0.1) is 13.2 Å². The molecule has 26 heavy (non-hydrogen) atoms. The number of carbonyl (C=O) groups is 1. The van der Waals surface area contributed by atoms with Crippen LogP contribution in [0.15, 0.2) is 0 Å². The van der Waals surface area contributed by atoms with Gasteiger partial charge in [-0.15, -0.1) is 0 Å². The van der Waals surface area contributed by atoms with Gasteiger partial charge in [-0.25, -0.2) is 0 Å². The van der Waals surface area contributed by atoms with E-state index in [1.54, 1.807) is 0 Å². The second-order valence-corrected chi connectivity index (χ2v) is 6.27. The number of aliphatic hydroxyl groups is 7. The average Bonchev–Trinajstić information content (AvgIpc) is 2.61. The van der Waals surface area contributed by atoms with Crippen molar-refractivity contribution >= 4 is 5.91 Å². The van der Waals surface area contributed by atoms with Gasteiger partial charge in [0.1, 0.15) is 48.8 Å². The van der Waals surface area contributed by atoms with E-state index < -0.39 is 80.5 Å². The molecule has 0 aromatic heterocycles. The summed E-state index contributed by atoms with van der Waals surface area (Å²) in [5.74, 6) is -0.574. The Bertz CT molecular complexity index is 478. The molecule has 0 saturated carbocycles. The first-order valence-corrected chi connectivity index (χ1v) is 8.06. The van der Waals surface area contributed by atoms with Crippen molar-refractivity contribution in [3.05, 3.63) is 0 Å². The maximum Gasteiger partial charge on any atom is 0.217 e. The van der Waals surface area contributed by atoms with E-state index in [1.807, 2.05) is 0 Å². The molecular weight excluding hydrogens is 358 g/mol. The zero-order valence-electron chi connectivity index (χ0n) is 14.0. The lowest BCUT2D eigenvalue weighted by molar-refractivity contribution is -0.363. The van der Waals surface area contributed by atoms with Gasteiger partial charge in [0.15, 0.2) is 12.6 Å². The molecule has 2 aliphatic heterocycles. The Morgan fingerprint density at radius 1 is 0.846 bits per heavy atom. The molecule has 10 atom stereocenters. The van der Waals surface area contributed by atoms with Gasteiger partial charge >= 0.3 is 0 Å². The van der Waals surface area contributed by atoms with Gasteiger partial charge in [-0.1, -0.05) is 0 Å². The number of aliphatic hydroxyl groups excluding tert-OH is 7. The lowest BCUT2D eigenvalue weighted by atomic mass is 9.96. The van der Waals surface area contributed by atoms with Gasteiger partial charge < -0.3 is 55.3 Å². The summed E-state index contributed by atoms with van der Waals surface area (Å²) in [4.78, 5) is 11.4. The first-order chi connectivity index (χ1) is 12.2. The fraction of sp³-hybridized carbons (Fsp3) is 0.929. The van der Waals surface area contributed by atoms with E-state index in [9.17, 15) is 40.5 Å². The summed E-state index contributed by atoms with van der Waals surface area (Å²) in [6, 6.07) is -1.28. The first kappa shape index (κ1) is 21.4. The van der Waals surface area contributed by atoms with Crippen molar-refractivity contribution in [2.75, 3.05) is 13.2 Å². The molecule has 0 aliphatic carbocycles. The number of carbonyl (C=O) groups excluding carboxylic acids is 1. The standard InChI is InChI=1S/C14H25NO11/c1-4(18)15-7-10(21)8(19)5(2-16)24-13(7)26-14-12(23)11(22)9(20)6(3-17)25-14/h5-14,16-17,19-23H,2-3H2,1H3,(H,15,18)/t5-,6-,7-,8-,9-,10-,11+,12-,13-,14-/m1/s1. The van der Waals surface area contributed by atoms with E-state index in [-0.39, 0.29) is 0 Å². The van der Waals surface area contributed by atoms with Crippen LogP contribution >= 0.6 is 0 Å². The molecule has 12 nitrogen and oxygen atoms in total. The molecule has 0 unspecified atom stereocenters. The Balaban J connectivity index is 2.18. The maximum atomic E-state index is 11.4. The van der Waals surface area contributed by atoms with Crippen molar-refractivity contribution in [2.45, 2.75) is 68.3 Å². The van der Waals surface area contributed by atoms with Gasteiger partial charge in [0, 0.05) is 6.92 Å². The van der Waals surface area contributed by atoms with Crippen LogP contribution in [0.3, 0.4) is 0 Å². The van der Waals surface area contributed by atoms with Crippen LogP contribution in [0.25, 0.3) is 0 Å². The predicted octanol–water partition coefficient (Wildman–Crippen LogP) is -5.25. The third kappa shape index (κ3) is 4.31. The fourth-order valence-electron chi connectivity index (χ4n) is 2.90. The van der Waals surface area contributed by atoms with Crippen molar-refractivity contribution in [1.82, 2.24) is 5.32 Å². The van der Waals surface area contributed by atoms with Crippen LogP contribution < -0.4 is 5.32 Å². The lowest BCUT2D eigenvalue weighted by Gasteiger charge is -2.45. The molecule has 8 N–H and O–H groups in total. The highest BCUT2D eigenvalue weighted by Gasteiger charge is 2.50. The van der Waals surface area contributed by atoms with E-state index in [0.29, 0.717) is 0 Å². The van der Waals surface area contributed by atoms with E-state index >= 15 is 0 Å². The summed E-state index contributed by atoms with van der Waals surface area (Å²) in [7, 11) is 0. The van der Waals surface area contributed by atoms with Crippen LogP contribution in [0.1, 0.15) is 6.92 Å². The number of amides is 1. The molecule has 2 saturated heterocycles. The third-order valence-corrected chi connectivity index (χ3v) is 4.37. The number of hydrogen-bond acceptors (Lipinski definition) is 11. The zero-order valence-corrected chi connectivity index (χ0v) is 14.0. The smallest absolute Gasteiger partial charge is 0.217 e.